The lowest BCUT2D eigenvalue weighted by molar-refractivity contribution is -0.154. The maximum absolute atomic E-state index is 14.0. The topological polar surface area (TPSA) is 72.1 Å². The minimum Gasteiger partial charge on any atom is -0.507 e. The van der Waals surface area contributed by atoms with Crippen molar-refractivity contribution in [1.29, 1.82) is 0 Å². The van der Waals surface area contributed by atoms with Gasteiger partial charge in [0, 0.05) is 13.1 Å². The second-order valence-electron chi connectivity index (χ2n) is 8.49. The Morgan fingerprint density at radius 3 is 2.59 bits per heavy atom. The van der Waals surface area contributed by atoms with E-state index in [-0.39, 0.29) is 46.9 Å². The average molecular weight is 477 g/mol. The number of aromatic hydroxyl groups is 1. The van der Waals surface area contributed by atoms with Crippen molar-refractivity contribution in [2.45, 2.75) is 39.4 Å². The monoisotopic (exact) mass is 477 g/mol. The van der Waals surface area contributed by atoms with Gasteiger partial charge in [0.25, 0.3) is 5.76 Å². The van der Waals surface area contributed by atoms with E-state index < -0.39 is 23.1 Å². The fourth-order valence-electron chi connectivity index (χ4n) is 4.29. The summed E-state index contributed by atoms with van der Waals surface area (Å²) >= 11 is 0. The van der Waals surface area contributed by atoms with E-state index in [0.29, 0.717) is 5.92 Å². The van der Waals surface area contributed by atoms with Crippen LogP contribution in [0.4, 0.5) is 13.2 Å². The Morgan fingerprint density at radius 2 is 1.91 bits per heavy atom. The molecule has 1 aliphatic heterocycles. The maximum atomic E-state index is 14.0. The van der Waals surface area contributed by atoms with Gasteiger partial charge in [-0.25, -0.2) is 0 Å². The van der Waals surface area contributed by atoms with Gasteiger partial charge in [0.05, 0.1) is 17.6 Å². The molecule has 0 radical (unpaired) electrons. The highest BCUT2D eigenvalue weighted by Crippen LogP contribution is 2.41. The lowest BCUT2D eigenvalue weighted by Crippen LogP contribution is -2.33. The first-order valence-electron chi connectivity index (χ1n) is 11.2. The number of phenols is 1. The minimum absolute atomic E-state index is 0.0391. The van der Waals surface area contributed by atoms with Gasteiger partial charge in [0.15, 0.2) is 11.5 Å². The van der Waals surface area contributed by atoms with Crippen molar-refractivity contribution < 1.29 is 32.2 Å². The molecular formula is C25H26F3NO5. The molecule has 4 rings (SSSR count). The largest absolute Gasteiger partial charge is 0.507 e. The van der Waals surface area contributed by atoms with Gasteiger partial charge in [-0.2, -0.15) is 13.2 Å². The Kier molecular flexibility index (Phi) is 6.74. The highest BCUT2D eigenvalue weighted by atomic mass is 19.4. The van der Waals surface area contributed by atoms with Crippen molar-refractivity contribution in [3.8, 4) is 23.0 Å². The number of likely N-dealkylation sites (tertiary alicyclic amines) is 1. The first kappa shape index (κ1) is 23.9. The molecule has 0 unspecified atom stereocenters. The lowest BCUT2D eigenvalue weighted by Gasteiger charge is -2.31. The molecule has 1 fully saturated rings. The van der Waals surface area contributed by atoms with Crippen molar-refractivity contribution in [2.24, 2.45) is 5.92 Å². The Hall–Kier alpha value is -3.20. The second kappa shape index (κ2) is 9.58. The molecule has 1 atom stereocenters. The molecule has 0 amide bonds. The van der Waals surface area contributed by atoms with Crippen LogP contribution in [0, 0.1) is 5.92 Å². The summed E-state index contributed by atoms with van der Waals surface area (Å²) in [5, 5.41) is 10.4. The van der Waals surface area contributed by atoms with Crippen LogP contribution in [0.1, 0.15) is 38.0 Å². The normalized spacial score (nSPS) is 17.1. The Balaban J connectivity index is 1.86. The summed E-state index contributed by atoms with van der Waals surface area (Å²) in [4.78, 5) is 15.3. The summed E-state index contributed by atoms with van der Waals surface area (Å²) in [6.07, 6.45) is -3.00. The van der Waals surface area contributed by atoms with E-state index >= 15 is 0 Å². The molecule has 2 aromatic carbocycles. The zero-order chi connectivity index (χ0) is 24.5. The number of piperidine rings is 1. The highest BCUT2D eigenvalue weighted by molar-refractivity contribution is 5.83. The molecule has 182 valence electrons. The van der Waals surface area contributed by atoms with Crippen molar-refractivity contribution in [3.63, 3.8) is 0 Å². The zero-order valence-electron chi connectivity index (χ0n) is 18.9. The fourth-order valence-corrected chi connectivity index (χ4v) is 4.29. The van der Waals surface area contributed by atoms with Gasteiger partial charge in [0.2, 0.25) is 11.2 Å². The van der Waals surface area contributed by atoms with Crippen LogP contribution in [-0.2, 0) is 12.7 Å². The van der Waals surface area contributed by atoms with Gasteiger partial charge in [0.1, 0.15) is 11.3 Å². The van der Waals surface area contributed by atoms with Gasteiger partial charge >= 0.3 is 6.18 Å². The number of fused-ring (bicyclic) bond motifs is 1. The number of ether oxygens (including phenoxy) is 2. The molecule has 34 heavy (non-hydrogen) atoms. The molecule has 0 bridgehead atoms. The molecule has 1 N–H and O–H groups in total. The number of benzene rings is 2. The van der Waals surface area contributed by atoms with Crippen LogP contribution in [0.5, 0.6) is 23.0 Å². The number of hydrogen-bond acceptors (Lipinski definition) is 6. The van der Waals surface area contributed by atoms with Gasteiger partial charge < -0.3 is 19.0 Å². The Bertz CT molecular complexity index is 1240. The molecule has 0 aliphatic carbocycles. The van der Waals surface area contributed by atoms with Crippen LogP contribution < -0.4 is 14.9 Å². The maximum Gasteiger partial charge on any atom is 0.453 e. The van der Waals surface area contributed by atoms with Crippen molar-refractivity contribution >= 4 is 11.0 Å². The number of hydrogen-bond donors (Lipinski definition) is 1. The number of phenolic OH excluding ortho intramolecular Hbond substituents is 1. The summed E-state index contributed by atoms with van der Waals surface area (Å²) < 4.78 is 58.3. The van der Waals surface area contributed by atoms with E-state index in [2.05, 4.69) is 6.92 Å². The quantitative estimate of drug-likeness (QED) is 0.474. The molecule has 1 aromatic heterocycles. The summed E-state index contributed by atoms with van der Waals surface area (Å²) in [6, 6.07) is 8.69. The number of rotatable bonds is 6. The molecule has 0 saturated carbocycles. The van der Waals surface area contributed by atoms with Crippen molar-refractivity contribution in [2.75, 3.05) is 19.7 Å². The molecular weight excluding hydrogens is 451 g/mol. The smallest absolute Gasteiger partial charge is 0.453 e. The van der Waals surface area contributed by atoms with E-state index in [0.717, 1.165) is 25.9 Å². The van der Waals surface area contributed by atoms with E-state index in [1.807, 2.05) is 4.90 Å². The predicted molar refractivity (Wildman–Crippen MR) is 121 cm³/mol. The lowest BCUT2D eigenvalue weighted by atomic mass is 9.99. The minimum atomic E-state index is -5.01. The number of alkyl halides is 3. The Morgan fingerprint density at radius 1 is 1.18 bits per heavy atom. The van der Waals surface area contributed by atoms with Crippen LogP contribution in [0.15, 0.2) is 45.6 Å². The highest BCUT2D eigenvalue weighted by Gasteiger charge is 2.41. The fraction of sp³-hybridized carbons (Fsp3) is 0.400. The molecule has 1 saturated heterocycles. The van der Waals surface area contributed by atoms with Gasteiger partial charge in [-0.15, -0.1) is 0 Å². The first-order chi connectivity index (χ1) is 16.2. The zero-order valence-corrected chi connectivity index (χ0v) is 18.9. The summed E-state index contributed by atoms with van der Waals surface area (Å²) in [5.74, 6) is -2.18. The first-order valence-corrected chi connectivity index (χ1v) is 11.2. The second-order valence-corrected chi connectivity index (χ2v) is 8.49. The third-order valence-electron chi connectivity index (χ3n) is 5.84. The SMILES string of the molecule is CCOc1ccccc1Oc1c(C(F)(F)F)oc2c(CN3CCC[C@@H](C)C3)c(O)ccc2c1=O. The summed E-state index contributed by atoms with van der Waals surface area (Å²) in [5.41, 5.74) is -1.12. The molecule has 6 nitrogen and oxygen atoms in total. The molecule has 9 heteroatoms. The van der Waals surface area contributed by atoms with Crippen LogP contribution in [0.2, 0.25) is 0 Å². The molecule has 1 aliphatic rings. The van der Waals surface area contributed by atoms with Crippen molar-refractivity contribution in [1.82, 2.24) is 4.90 Å². The Labute approximate surface area is 194 Å². The van der Waals surface area contributed by atoms with Crippen LogP contribution in [-0.4, -0.2) is 29.7 Å². The summed E-state index contributed by atoms with van der Waals surface area (Å²) in [6.45, 7) is 5.73. The van der Waals surface area contributed by atoms with E-state index in [1.54, 1.807) is 19.1 Å². The predicted octanol–water partition coefficient (Wildman–Crippen LogP) is 5.94. The van der Waals surface area contributed by atoms with E-state index in [4.69, 9.17) is 13.9 Å². The van der Waals surface area contributed by atoms with Crippen LogP contribution in [0.25, 0.3) is 11.0 Å². The molecule has 2 heterocycles. The van der Waals surface area contributed by atoms with Crippen LogP contribution in [0.3, 0.4) is 0 Å². The van der Waals surface area contributed by atoms with Gasteiger partial charge in [-0.1, -0.05) is 19.1 Å². The third kappa shape index (κ3) is 4.84. The third-order valence-corrected chi connectivity index (χ3v) is 5.84. The number of halogens is 3. The standard InChI is InChI=1S/C25H26F3NO5/c1-3-32-19-8-4-5-9-20(19)33-23-21(31)16-10-11-18(30)17(14-29-12-6-7-15(2)13-29)22(16)34-24(23)25(26,27)28/h4-5,8-11,15,30H,3,6-7,12-14H2,1-2H3/t15-/m1/s1. The van der Waals surface area contributed by atoms with Gasteiger partial charge in [-0.05, 0) is 56.5 Å². The average Bonchev–Trinajstić information content (AvgIpc) is 2.78. The molecule has 0 spiro atoms. The van der Waals surface area contributed by atoms with Crippen molar-refractivity contribution in [3.05, 3.63) is 57.9 Å². The van der Waals surface area contributed by atoms with E-state index in [1.165, 1.54) is 24.3 Å². The molecule has 3 aromatic rings. The summed E-state index contributed by atoms with van der Waals surface area (Å²) in [7, 11) is 0. The number of para-hydroxylation sites is 2. The van der Waals surface area contributed by atoms with Crippen LogP contribution >= 0.6 is 0 Å². The number of nitrogens with zero attached hydrogens (tertiary/aromatic N) is 1. The van der Waals surface area contributed by atoms with Gasteiger partial charge in [-0.3, -0.25) is 9.69 Å². The van der Waals surface area contributed by atoms with E-state index in [9.17, 15) is 23.1 Å².